The second kappa shape index (κ2) is 10.9. The predicted octanol–water partition coefficient (Wildman–Crippen LogP) is 2.39. The maximum Gasteiger partial charge on any atom is 0.163 e. The molecule has 148 valence electrons. The van der Waals surface area contributed by atoms with Crippen molar-refractivity contribution in [3.05, 3.63) is 18.0 Å². The molecule has 3 N–H and O–H groups in total. The Bertz CT molecular complexity index is 462. The standard InChI is InChI=1S/C13H22N2O3.C3H8O2.C2H6/c1-10-7-14-15(8-10)11(4-5-16)6-12-9-17-13(2,3)18-12;1-3(2,4)5;1-2/h7-8,11-12,16H,4-6,9H2,1-3H3;4-5H,1-2H3;1-2H3/t11-,12+;;/m1../s1. The minimum atomic E-state index is -1.50. The van der Waals surface area contributed by atoms with E-state index in [1.54, 1.807) is 0 Å². The Kier molecular flexibility index (Phi) is 10.4. The summed E-state index contributed by atoms with van der Waals surface area (Å²) in [6.45, 7) is 13.2. The second-order valence-electron chi connectivity index (χ2n) is 6.84. The van der Waals surface area contributed by atoms with Crippen LogP contribution in [0.5, 0.6) is 0 Å². The predicted molar refractivity (Wildman–Crippen MR) is 97.1 cm³/mol. The van der Waals surface area contributed by atoms with Gasteiger partial charge in [0, 0.05) is 12.8 Å². The highest BCUT2D eigenvalue weighted by atomic mass is 16.7. The van der Waals surface area contributed by atoms with Crippen molar-refractivity contribution in [3.8, 4) is 0 Å². The molecule has 2 atom stereocenters. The summed E-state index contributed by atoms with van der Waals surface area (Å²) in [5, 5.41) is 29.6. The van der Waals surface area contributed by atoms with Gasteiger partial charge >= 0.3 is 0 Å². The first-order valence-electron chi connectivity index (χ1n) is 8.88. The monoisotopic (exact) mass is 360 g/mol. The Balaban J connectivity index is 0.000000710. The van der Waals surface area contributed by atoms with Gasteiger partial charge in [0.2, 0.25) is 0 Å². The summed E-state index contributed by atoms with van der Waals surface area (Å²) in [4.78, 5) is 0. The lowest BCUT2D eigenvalue weighted by molar-refractivity contribution is -0.140. The first-order valence-corrected chi connectivity index (χ1v) is 8.88. The largest absolute Gasteiger partial charge is 0.396 e. The van der Waals surface area contributed by atoms with Gasteiger partial charge in [-0.15, -0.1) is 0 Å². The van der Waals surface area contributed by atoms with Crippen LogP contribution in [0.25, 0.3) is 0 Å². The molecule has 25 heavy (non-hydrogen) atoms. The van der Waals surface area contributed by atoms with Crippen molar-refractivity contribution in [2.24, 2.45) is 0 Å². The Labute approximate surface area is 151 Å². The number of hydrogen-bond donors (Lipinski definition) is 3. The topological polar surface area (TPSA) is 97.0 Å². The molecular formula is C18H36N2O5. The fourth-order valence-electron chi connectivity index (χ4n) is 2.32. The Morgan fingerprint density at radius 2 is 1.92 bits per heavy atom. The van der Waals surface area contributed by atoms with Crippen LogP contribution in [0.3, 0.4) is 0 Å². The summed E-state index contributed by atoms with van der Waals surface area (Å²) in [6, 6.07) is 0.159. The van der Waals surface area contributed by atoms with Crippen LogP contribution < -0.4 is 0 Å². The van der Waals surface area contributed by atoms with E-state index in [1.807, 2.05) is 51.7 Å². The molecule has 1 fully saturated rings. The molecule has 0 radical (unpaired) electrons. The number of aliphatic hydroxyl groups excluding tert-OH is 1. The van der Waals surface area contributed by atoms with Crippen LogP contribution in [0.4, 0.5) is 0 Å². The Hall–Kier alpha value is -0.990. The third kappa shape index (κ3) is 11.3. The van der Waals surface area contributed by atoms with Crippen molar-refractivity contribution in [3.63, 3.8) is 0 Å². The molecule has 2 rings (SSSR count). The van der Waals surface area contributed by atoms with E-state index in [4.69, 9.17) is 24.8 Å². The molecule has 0 unspecified atom stereocenters. The summed E-state index contributed by atoms with van der Waals surface area (Å²) in [5.74, 6) is -1.99. The lowest BCUT2D eigenvalue weighted by Gasteiger charge is -2.21. The number of aromatic nitrogens is 2. The average Bonchev–Trinajstić information content (AvgIpc) is 3.05. The molecule has 0 spiro atoms. The van der Waals surface area contributed by atoms with Crippen LogP contribution in [0.1, 0.15) is 66.0 Å². The van der Waals surface area contributed by atoms with E-state index in [1.165, 1.54) is 13.8 Å². The number of aliphatic hydroxyl groups is 3. The summed E-state index contributed by atoms with van der Waals surface area (Å²) < 4.78 is 13.3. The van der Waals surface area contributed by atoms with Crippen LogP contribution in [0.2, 0.25) is 0 Å². The lowest BCUT2D eigenvalue weighted by Crippen LogP contribution is -2.24. The number of rotatable bonds is 5. The Morgan fingerprint density at radius 3 is 2.28 bits per heavy atom. The van der Waals surface area contributed by atoms with E-state index < -0.39 is 11.6 Å². The van der Waals surface area contributed by atoms with Crippen LogP contribution >= 0.6 is 0 Å². The average molecular weight is 360 g/mol. The van der Waals surface area contributed by atoms with E-state index in [0.29, 0.717) is 13.0 Å². The summed E-state index contributed by atoms with van der Waals surface area (Å²) >= 11 is 0. The molecule has 1 aromatic rings. The van der Waals surface area contributed by atoms with E-state index in [0.717, 1.165) is 12.0 Å². The van der Waals surface area contributed by atoms with Gasteiger partial charge in [0.25, 0.3) is 0 Å². The molecule has 1 saturated heterocycles. The van der Waals surface area contributed by atoms with Gasteiger partial charge in [0.1, 0.15) is 0 Å². The molecule has 7 nitrogen and oxygen atoms in total. The van der Waals surface area contributed by atoms with Crippen molar-refractivity contribution in [1.29, 1.82) is 0 Å². The molecule has 0 amide bonds. The molecule has 2 heterocycles. The number of hydrogen-bond acceptors (Lipinski definition) is 6. The molecule has 0 bridgehead atoms. The quantitative estimate of drug-likeness (QED) is 0.698. The van der Waals surface area contributed by atoms with Gasteiger partial charge in [-0.25, -0.2) is 0 Å². The van der Waals surface area contributed by atoms with Crippen molar-refractivity contribution < 1.29 is 24.8 Å². The minimum absolute atomic E-state index is 0.0704. The van der Waals surface area contributed by atoms with Crippen LogP contribution in [-0.4, -0.2) is 56.0 Å². The fourth-order valence-corrected chi connectivity index (χ4v) is 2.32. The normalized spacial score (nSPS) is 20.2. The highest BCUT2D eigenvalue weighted by Crippen LogP contribution is 2.28. The molecular weight excluding hydrogens is 324 g/mol. The van der Waals surface area contributed by atoms with Crippen molar-refractivity contribution >= 4 is 0 Å². The number of ether oxygens (including phenoxy) is 2. The first kappa shape index (κ1) is 24.0. The van der Waals surface area contributed by atoms with Gasteiger partial charge in [-0.1, -0.05) is 13.8 Å². The van der Waals surface area contributed by atoms with Gasteiger partial charge in [-0.2, -0.15) is 5.10 Å². The molecule has 1 aliphatic heterocycles. The zero-order valence-corrected chi connectivity index (χ0v) is 16.7. The third-order valence-corrected chi connectivity index (χ3v) is 3.17. The van der Waals surface area contributed by atoms with Gasteiger partial charge in [0.05, 0.1) is 24.9 Å². The maximum atomic E-state index is 9.17. The zero-order valence-electron chi connectivity index (χ0n) is 16.7. The summed E-state index contributed by atoms with van der Waals surface area (Å²) in [7, 11) is 0. The van der Waals surface area contributed by atoms with Crippen molar-refractivity contribution in [2.45, 2.75) is 85.0 Å². The highest BCUT2D eigenvalue weighted by Gasteiger charge is 2.34. The lowest BCUT2D eigenvalue weighted by atomic mass is 10.1. The van der Waals surface area contributed by atoms with Crippen LogP contribution in [0.15, 0.2) is 12.4 Å². The zero-order chi connectivity index (χ0) is 19.7. The fraction of sp³-hybridized carbons (Fsp3) is 0.833. The maximum absolute atomic E-state index is 9.17. The third-order valence-electron chi connectivity index (χ3n) is 3.17. The van der Waals surface area contributed by atoms with Crippen molar-refractivity contribution in [1.82, 2.24) is 9.78 Å². The molecule has 7 heteroatoms. The summed E-state index contributed by atoms with van der Waals surface area (Å²) in [5.41, 5.74) is 1.13. The van der Waals surface area contributed by atoms with Gasteiger partial charge in [-0.3, -0.25) is 4.68 Å². The molecule has 0 saturated carbocycles. The van der Waals surface area contributed by atoms with Crippen LogP contribution in [0, 0.1) is 6.92 Å². The summed E-state index contributed by atoms with van der Waals surface area (Å²) in [6.07, 6.45) is 5.40. The van der Waals surface area contributed by atoms with Gasteiger partial charge in [0.15, 0.2) is 11.6 Å². The Morgan fingerprint density at radius 1 is 1.36 bits per heavy atom. The van der Waals surface area contributed by atoms with E-state index in [-0.39, 0.29) is 18.8 Å². The first-order chi connectivity index (χ1) is 11.5. The molecule has 0 aliphatic carbocycles. The van der Waals surface area contributed by atoms with E-state index in [2.05, 4.69) is 5.10 Å². The second-order valence-corrected chi connectivity index (χ2v) is 6.84. The van der Waals surface area contributed by atoms with Crippen molar-refractivity contribution in [2.75, 3.05) is 13.2 Å². The molecule has 1 aliphatic rings. The van der Waals surface area contributed by atoms with Gasteiger partial charge in [-0.05, 0) is 53.0 Å². The SMILES string of the molecule is CC.CC(C)(O)O.Cc1cnn([C@H](CCO)C[C@H]2COC(C)(C)O2)c1. The number of nitrogens with zero attached hydrogens (tertiary/aromatic N) is 2. The molecule has 0 aromatic carbocycles. The van der Waals surface area contributed by atoms with E-state index >= 15 is 0 Å². The number of aryl methyl sites for hydroxylation is 1. The highest BCUT2D eigenvalue weighted by molar-refractivity contribution is 5.00. The molecule has 1 aromatic heterocycles. The smallest absolute Gasteiger partial charge is 0.163 e. The van der Waals surface area contributed by atoms with E-state index in [9.17, 15) is 0 Å². The minimum Gasteiger partial charge on any atom is -0.396 e. The van der Waals surface area contributed by atoms with Gasteiger partial charge < -0.3 is 24.8 Å². The van der Waals surface area contributed by atoms with Crippen LogP contribution in [-0.2, 0) is 9.47 Å².